The third-order valence-electron chi connectivity index (χ3n) is 2.82. The van der Waals surface area contributed by atoms with Gasteiger partial charge in [0.05, 0.1) is 17.1 Å². The predicted molar refractivity (Wildman–Crippen MR) is 62.9 cm³/mol. The SMILES string of the molecule is CC[C@@H](NC)c1nc2c(C)cccc2[nH]1. The Morgan fingerprint density at radius 3 is 2.87 bits per heavy atom. The van der Waals surface area contributed by atoms with Crippen molar-refractivity contribution < 1.29 is 0 Å². The molecule has 0 saturated carbocycles. The summed E-state index contributed by atoms with van der Waals surface area (Å²) >= 11 is 0. The van der Waals surface area contributed by atoms with Crippen LogP contribution in [-0.2, 0) is 0 Å². The first-order chi connectivity index (χ1) is 7.26. The normalized spacial score (nSPS) is 13.3. The molecule has 2 rings (SSSR count). The van der Waals surface area contributed by atoms with E-state index in [0.29, 0.717) is 6.04 Å². The van der Waals surface area contributed by atoms with Crippen molar-refractivity contribution in [3.05, 3.63) is 29.6 Å². The van der Waals surface area contributed by atoms with Gasteiger partial charge in [0.15, 0.2) is 0 Å². The van der Waals surface area contributed by atoms with Gasteiger partial charge in [-0.05, 0) is 32.0 Å². The Morgan fingerprint density at radius 2 is 2.27 bits per heavy atom. The Kier molecular flexibility index (Phi) is 2.73. The van der Waals surface area contributed by atoms with Crippen LogP contribution in [0.2, 0.25) is 0 Å². The molecule has 80 valence electrons. The van der Waals surface area contributed by atoms with E-state index in [0.717, 1.165) is 23.3 Å². The van der Waals surface area contributed by atoms with E-state index in [4.69, 9.17) is 0 Å². The third kappa shape index (κ3) is 1.75. The Bertz CT molecular complexity index is 455. The largest absolute Gasteiger partial charge is 0.341 e. The van der Waals surface area contributed by atoms with Crippen molar-refractivity contribution in [3.63, 3.8) is 0 Å². The van der Waals surface area contributed by atoms with Gasteiger partial charge < -0.3 is 10.3 Å². The highest BCUT2D eigenvalue weighted by Gasteiger charge is 2.11. The highest BCUT2D eigenvalue weighted by Crippen LogP contribution is 2.20. The summed E-state index contributed by atoms with van der Waals surface area (Å²) in [6.07, 6.45) is 1.04. The van der Waals surface area contributed by atoms with Gasteiger partial charge in [0.2, 0.25) is 0 Å². The number of H-pyrrole nitrogens is 1. The van der Waals surface area contributed by atoms with Crippen LogP contribution in [0.1, 0.15) is 30.8 Å². The van der Waals surface area contributed by atoms with Crippen LogP contribution in [0.25, 0.3) is 11.0 Å². The van der Waals surface area contributed by atoms with E-state index in [1.165, 1.54) is 5.56 Å². The molecule has 0 amide bonds. The van der Waals surface area contributed by atoms with E-state index in [9.17, 15) is 0 Å². The summed E-state index contributed by atoms with van der Waals surface area (Å²) in [5.74, 6) is 1.03. The third-order valence-corrected chi connectivity index (χ3v) is 2.82. The number of hydrogen-bond donors (Lipinski definition) is 2. The maximum absolute atomic E-state index is 4.64. The molecule has 0 spiro atoms. The first kappa shape index (κ1) is 10.2. The smallest absolute Gasteiger partial charge is 0.124 e. The molecule has 0 fully saturated rings. The number of imidazole rings is 1. The van der Waals surface area contributed by atoms with Gasteiger partial charge in [-0.15, -0.1) is 0 Å². The standard InChI is InChI=1S/C12H17N3/c1-4-9(13-3)12-14-10-7-5-6-8(2)11(10)15-12/h5-7,9,13H,4H2,1-3H3,(H,14,15)/t9-/m1/s1. The molecule has 2 aromatic rings. The number of hydrogen-bond acceptors (Lipinski definition) is 2. The first-order valence-electron chi connectivity index (χ1n) is 5.38. The average molecular weight is 203 g/mol. The zero-order valence-electron chi connectivity index (χ0n) is 9.46. The molecule has 2 N–H and O–H groups in total. The monoisotopic (exact) mass is 203 g/mol. The number of benzene rings is 1. The van der Waals surface area contributed by atoms with Crippen molar-refractivity contribution in [3.8, 4) is 0 Å². The van der Waals surface area contributed by atoms with Crippen LogP contribution in [-0.4, -0.2) is 17.0 Å². The summed E-state index contributed by atoms with van der Waals surface area (Å²) in [5, 5.41) is 3.25. The molecule has 0 bridgehead atoms. The number of rotatable bonds is 3. The van der Waals surface area contributed by atoms with Gasteiger partial charge in [-0.25, -0.2) is 4.98 Å². The number of para-hydroxylation sites is 1. The molecule has 1 heterocycles. The van der Waals surface area contributed by atoms with Crippen LogP contribution in [0, 0.1) is 6.92 Å². The van der Waals surface area contributed by atoms with Crippen LogP contribution in [0.15, 0.2) is 18.2 Å². The second kappa shape index (κ2) is 4.03. The molecule has 1 aromatic carbocycles. The summed E-state index contributed by atoms with van der Waals surface area (Å²) in [6.45, 7) is 4.24. The van der Waals surface area contributed by atoms with Crippen LogP contribution < -0.4 is 5.32 Å². The van der Waals surface area contributed by atoms with Crippen LogP contribution >= 0.6 is 0 Å². The second-order valence-corrected chi connectivity index (χ2v) is 3.84. The fourth-order valence-electron chi connectivity index (χ4n) is 1.89. The van der Waals surface area contributed by atoms with Gasteiger partial charge in [-0.3, -0.25) is 0 Å². The summed E-state index contributed by atoms with van der Waals surface area (Å²) < 4.78 is 0. The number of nitrogens with one attached hydrogen (secondary N) is 2. The van der Waals surface area contributed by atoms with Crippen molar-refractivity contribution in [2.24, 2.45) is 0 Å². The fraction of sp³-hybridized carbons (Fsp3) is 0.417. The lowest BCUT2D eigenvalue weighted by atomic mass is 10.2. The highest BCUT2D eigenvalue weighted by atomic mass is 15.0. The molecule has 3 heteroatoms. The maximum Gasteiger partial charge on any atom is 0.124 e. The fourth-order valence-corrected chi connectivity index (χ4v) is 1.89. The van der Waals surface area contributed by atoms with Gasteiger partial charge in [0, 0.05) is 0 Å². The van der Waals surface area contributed by atoms with E-state index in [-0.39, 0.29) is 0 Å². The van der Waals surface area contributed by atoms with Crippen molar-refractivity contribution in [2.75, 3.05) is 7.05 Å². The Morgan fingerprint density at radius 1 is 1.47 bits per heavy atom. The summed E-state index contributed by atoms with van der Waals surface area (Å²) in [6, 6.07) is 6.53. The summed E-state index contributed by atoms with van der Waals surface area (Å²) in [4.78, 5) is 8.00. The van der Waals surface area contributed by atoms with Crippen molar-refractivity contribution in [1.82, 2.24) is 15.3 Å². The maximum atomic E-state index is 4.64. The van der Waals surface area contributed by atoms with E-state index in [1.54, 1.807) is 0 Å². The summed E-state index contributed by atoms with van der Waals surface area (Å²) in [5.41, 5.74) is 3.43. The van der Waals surface area contributed by atoms with Crippen LogP contribution in [0.3, 0.4) is 0 Å². The van der Waals surface area contributed by atoms with Gasteiger partial charge in [-0.1, -0.05) is 19.1 Å². The molecule has 15 heavy (non-hydrogen) atoms. The predicted octanol–water partition coefficient (Wildman–Crippen LogP) is 2.54. The van der Waals surface area contributed by atoms with Crippen LogP contribution in [0.4, 0.5) is 0 Å². The lowest BCUT2D eigenvalue weighted by molar-refractivity contribution is 0.551. The molecular formula is C12H17N3. The molecular weight excluding hydrogens is 186 g/mol. The lowest BCUT2D eigenvalue weighted by Crippen LogP contribution is -2.16. The topological polar surface area (TPSA) is 40.7 Å². The molecule has 0 unspecified atom stereocenters. The average Bonchev–Trinajstić information content (AvgIpc) is 2.65. The number of aryl methyl sites for hydroxylation is 1. The number of fused-ring (bicyclic) bond motifs is 1. The molecule has 0 radical (unpaired) electrons. The zero-order chi connectivity index (χ0) is 10.8. The van der Waals surface area contributed by atoms with Crippen molar-refractivity contribution in [2.45, 2.75) is 26.3 Å². The minimum Gasteiger partial charge on any atom is -0.341 e. The Hall–Kier alpha value is -1.35. The molecule has 0 saturated heterocycles. The lowest BCUT2D eigenvalue weighted by Gasteiger charge is -2.09. The molecule has 0 aliphatic heterocycles. The minimum atomic E-state index is 0.316. The Balaban J connectivity index is 2.51. The minimum absolute atomic E-state index is 0.316. The van der Waals surface area contributed by atoms with Crippen LogP contribution in [0.5, 0.6) is 0 Å². The van der Waals surface area contributed by atoms with Crippen molar-refractivity contribution >= 4 is 11.0 Å². The van der Waals surface area contributed by atoms with Gasteiger partial charge in [0.1, 0.15) is 5.82 Å². The first-order valence-corrected chi connectivity index (χ1v) is 5.38. The number of aromatic amines is 1. The quantitative estimate of drug-likeness (QED) is 0.804. The Labute approximate surface area is 89.9 Å². The molecule has 1 atom stereocenters. The van der Waals surface area contributed by atoms with Gasteiger partial charge in [0.25, 0.3) is 0 Å². The number of aromatic nitrogens is 2. The number of nitrogens with zero attached hydrogens (tertiary/aromatic N) is 1. The molecule has 1 aromatic heterocycles. The van der Waals surface area contributed by atoms with E-state index in [2.05, 4.69) is 47.3 Å². The van der Waals surface area contributed by atoms with E-state index < -0.39 is 0 Å². The molecule has 0 aliphatic rings. The highest BCUT2D eigenvalue weighted by molar-refractivity contribution is 5.78. The molecule has 3 nitrogen and oxygen atoms in total. The zero-order valence-corrected chi connectivity index (χ0v) is 9.46. The summed E-state index contributed by atoms with van der Waals surface area (Å²) in [7, 11) is 1.97. The van der Waals surface area contributed by atoms with E-state index >= 15 is 0 Å². The van der Waals surface area contributed by atoms with Gasteiger partial charge >= 0.3 is 0 Å². The van der Waals surface area contributed by atoms with Gasteiger partial charge in [-0.2, -0.15) is 0 Å². The van der Waals surface area contributed by atoms with Crippen molar-refractivity contribution in [1.29, 1.82) is 0 Å². The second-order valence-electron chi connectivity index (χ2n) is 3.84. The van der Waals surface area contributed by atoms with E-state index in [1.807, 2.05) is 7.05 Å². The molecule has 0 aliphatic carbocycles.